The van der Waals surface area contributed by atoms with Gasteiger partial charge in [0.15, 0.2) is 0 Å². The number of aromatic amines is 1. The van der Waals surface area contributed by atoms with Crippen LogP contribution in [0.2, 0.25) is 0 Å². The molecule has 1 saturated heterocycles. The molecule has 3 atom stereocenters. The lowest BCUT2D eigenvalue weighted by atomic mass is 9.91. The van der Waals surface area contributed by atoms with Crippen LogP contribution in [0.5, 0.6) is 0 Å². The fourth-order valence-electron chi connectivity index (χ4n) is 5.02. The van der Waals surface area contributed by atoms with Gasteiger partial charge in [-0.2, -0.15) is 0 Å². The van der Waals surface area contributed by atoms with Crippen LogP contribution in [0, 0.1) is 0 Å². The van der Waals surface area contributed by atoms with E-state index in [4.69, 9.17) is 0 Å². The Morgan fingerprint density at radius 1 is 1.10 bits per heavy atom. The van der Waals surface area contributed by atoms with Crippen molar-refractivity contribution in [1.29, 1.82) is 0 Å². The van der Waals surface area contributed by atoms with E-state index in [0.717, 1.165) is 30.4 Å². The highest BCUT2D eigenvalue weighted by Crippen LogP contribution is 2.32. The van der Waals surface area contributed by atoms with E-state index in [0.29, 0.717) is 6.04 Å². The molecule has 2 heterocycles. The highest BCUT2D eigenvalue weighted by Gasteiger charge is 2.32. The summed E-state index contributed by atoms with van der Waals surface area (Å²) >= 11 is 0. The van der Waals surface area contributed by atoms with Gasteiger partial charge in [-0.25, -0.2) is 0 Å². The average molecular weight is 394 g/mol. The van der Waals surface area contributed by atoms with Gasteiger partial charge in [0.25, 0.3) is 0 Å². The molecule has 4 rings (SSSR count). The molecule has 5 heteroatoms. The van der Waals surface area contributed by atoms with Crippen LogP contribution < -0.4 is 11.1 Å². The largest absolute Gasteiger partial charge is 0.316 e. The zero-order valence-electron chi connectivity index (χ0n) is 17.2. The quantitative estimate of drug-likeness (QED) is 0.629. The van der Waals surface area contributed by atoms with E-state index < -0.39 is 11.1 Å². The standard InChI is InChI=1S/C24H31N3O2/c1-2-10-19-17-20(15-16-26(19)18-11-6-4-3-5-7-12-18)27-22-14-9-8-13-21(22)25-23(28)24(27)29/h2,6,8-11,13-14,18-20H,3-5,7,12,15-17H2,1H3,(H,25,28)/b10-2-,11-6-/t18?,19-,20-/m1/s1. The highest BCUT2D eigenvalue weighted by molar-refractivity contribution is 5.74. The Morgan fingerprint density at radius 2 is 1.97 bits per heavy atom. The molecule has 0 spiro atoms. The second-order valence-electron chi connectivity index (χ2n) is 8.29. The van der Waals surface area contributed by atoms with Gasteiger partial charge >= 0.3 is 11.1 Å². The van der Waals surface area contributed by atoms with Crippen molar-refractivity contribution in [3.63, 3.8) is 0 Å². The van der Waals surface area contributed by atoms with Crippen LogP contribution in [0.15, 0.2) is 58.2 Å². The van der Waals surface area contributed by atoms with Crippen molar-refractivity contribution in [3.05, 3.63) is 69.3 Å². The Hall–Kier alpha value is -2.40. The van der Waals surface area contributed by atoms with E-state index in [1.165, 1.54) is 32.1 Å². The molecule has 1 N–H and O–H groups in total. The van der Waals surface area contributed by atoms with Crippen LogP contribution in [0.1, 0.15) is 57.9 Å². The summed E-state index contributed by atoms with van der Waals surface area (Å²) in [6.45, 7) is 2.99. The number of nitrogens with zero attached hydrogens (tertiary/aromatic N) is 2. The summed E-state index contributed by atoms with van der Waals surface area (Å²) in [4.78, 5) is 30.4. The number of piperidine rings is 1. The highest BCUT2D eigenvalue weighted by atomic mass is 16.2. The van der Waals surface area contributed by atoms with E-state index in [-0.39, 0.29) is 12.1 Å². The van der Waals surface area contributed by atoms with E-state index in [1.54, 1.807) is 4.57 Å². The van der Waals surface area contributed by atoms with Gasteiger partial charge in [0.2, 0.25) is 0 Å². The molecular formula is C24H31N3O2. The summed E-state index contributed by atoms with van der Waals surface area (Å²) in [7, 11) is 0. The van der Waals surface area contributed by atoms with Gasteiger partial charge in [-0.15, -0.1) is 0 Å². The first-order chi connectivity index (χ1) is 14.2. The minimum atomic E-state index is -0.531. The predicted octanol–water partition coefficient (Wildman–Crippen LogP) is 4.16. The Labute approximate surface area is 171 Å². The molecule has 29 heavy (non-hydrogen) atoms. The average Bonchev–Trinajstić information content (AvgIpc) is 2.70. The summed E-state index contributed by atoms with van der Waals surface area (Å²) < 4.78 is 1.75. The summed E-state index contributed by atoms with van der Waals surface area (Å²) in [6.07, 6.45) is 17.1. The van der Waals surface area contributed by atoms with Crippen molar-refractivity contribution in [2.45, 2.75) is 70.0 Å². The number of likely N-dealkylation sites (tertiary alicyclic amines) is 1. The van der Waals surface area contributed by atoms with Gasteiger partial charge in [0, 0.05) is 24.7 Å². The van der Waals surface area contributed by atoms with Crippen molar-refractivity contribution >= 4 is 11.0 Å². The molecule has 1 aliphatic heterocycles. The summed E-state index contributed by atoms with van der Waals surface area (Å²) in [5.74, 6) is 0. The maximum Gasteiger partial charge on any atom is 0.316 e. The van der Waals surface area contributed by atoms with Gasteiger partial charge in [0.05, 0.1) is 11.0 Å². The molecule has 1 aromatic heterocycles. The molecule has 1 fully saturated rings. The summed E-state index contributed by atoms with van der Waals surface area (Å²) in [5.41, 5.74) is 0.578. The number of fused-ring (bicyclic) bond motifs is 1. The first-order valence-electron chi connectivity index (χ1n) is 11.0. The van der Waals surface area contributed by atoms with E-state index in [1.807, 2.05) is 24.3 Å². The zero-order chi connectivity index (χ0) is 20.2. The first kappa shape index (κ1) is 19.9. The molecular weight excluding hydrogens is 362 g/mol. The number of hydrogen-bond donors (Lipinski definition) is 1. The monoisotopic (exact) mass is 393 g/mol. The van der Waals surface area contributed by atoms with Crippen molar-refractivity contribution in [3.8, 4) is 0 Å². The minimum Gasteiger partial charge on any atom is -0.316 e. The van der Waals surface area contributed by atoms with Crippen LogP contribution in [0.4, 0.5) is 0 Å². The topological polar surface area (TPSA) is 58.1 Å². The Morgan fingerprint density at radius 3 is 2.83 bits per heavy atom. The number of benzene rings is 1. The smallest absolute Gasteiger partial charge is 0.316 e. The molecule has 154 valence electrons. The van der Waals surface area contributed by atoms with Gasteiger partial charge < -0.3 is 4.98 Å². The number of hydrogen-bond acceptors (Lipinski definition) is 3. The lowest BCUT2D eigenvalue weighted by Crippen LogP contribution is -2.49. The van der Waals surface area contributed by atoms with Crippen LogP contribution in [0.25, 0.3) is 11.0 Å². The minimum absolute atomic E-state index is 0.0321. The molecule has 2 aliphatic rings. The Bertz CT molecular complexity index is 1020. The van der Waals surface area contributed by atoms with Gasteiger partial charge in [-0.05, 0) is 51.2 Å². The van der Waals surface area contributed by atoms with Crippen LogP contribution in [-0.2, 0) is 0 Å². The number of rotatable bonds is 3. The van der Waals surface area contributed by atoms with Crippen molar-refractivity contribution in [1.82, 2.24) is 14.5 Å². The van der Waals surface area contributed by atoms with E-state index in [9.17, 15) is 9.59 Å². The third kappa shape index (κ3) is 4.15. The molecule has 0 saturated carbocycles. The lowest BCUT2D eigenvalue weighted by molar-refractivity contribution is 0.109. The number of H-pyrrole nitrogens is 1. The predicted molar refractivity (Wildman–Crippen MR) is 118 cm³/mol. The number of para-hydroxylation sites is 2. The van der Waals surface area contributed by atoms with Crippen molar-refractivity contribution in [2.24, 2.45) is 0 Å². The van der Waals surface area contributed by atoms with Gasteiger partial charge in [0.1, 0.15) is 0 Å². The van der Waals surface area contributed by atoms with E-state index >= 15 is 0 Å². The molecule has 0 amide bonds. The summed E-state index contributed by atoms with van der Waals surface area (Å²) in [5, 5.41) is 0. The van der Waals surface area contributed by atoms with E-state index in [2.05, 4.69) is 41.1 Å². The first-order valence-corrected chi connectivity index (χ1v) is 11.0. The molecule has 1 unspecified atom stereocenters. The maximum atomic E-state index is 12.8. The second-order valence-corrected chi connectivity index (χ2v) is 8.29. The number of aromatic nitrogens is 2. The fraction of sp³-hybridized carbons (Fsp3) is 0.500. The molecule has 1 aliphatic carbocycles. The van der Waals surface area contributed by atoms with Crippen LogP contribution >= 0.6 is 0 Å². The summed E-state index contributed by atoms with van der Waals surface area (Å²) in [6, 6.07) is 8.38. The second kappa shape index (κ2) is 8.95. The van der Waals surface area contributed by atoms with Gasteiger partial charge in [-0.1, -0.05) is 49.3 Å². The molecule has 0 radical (unpaired) electrons. The molecule has 1 aromatic carbocycles. The van der Waals surface area contributed by atoms with Crippen LogP contribution in [-0.4, -0.2) is 33.1 Å². The molecule has 2 aromatic rings. The Kier molecular flexibility index (Phi) is 6.14. The van der Waals surface area contributed by atoms with Gasteiger partial charge in [-0.3, -0.25) is 19.1 Å². The van der Waals surface area contributed by atoms with Crippen molar-refractivity contribution in [2.75, 3.05) is 6.54 Å². The maximum absolute atomic E-state index is 12.8. The number of nitrogens with one attached hydrogen (secondary N) is 1. The van der Waals surface area contributed by atoms with Crippen molar-refractivity contribution < 1.29 is 0 Å². The molecule has 5 nitrogen and oxygen atoms in total. The fourth-order valence-corrected chi connectivity index (χ4v) is 5.02. The Balaban J connectivity index is 1.67. The normalized spacial score (nSPS) is 27.7. The zero-order valence-corrected chi connectivity index (χ0v) is 17.2. The third-order valence-corrected chi connectivity index (χ3v) is 6.42. The van der Waals surface area contributed by atoms with Crippen LogP contribution in [0.3, 0.4) is 0 Å². The number of allylic oxidation sites excluding steroid dienone is 2. The third-order valence-electron chi connectivity index (χ3n) is 6.42. The lowest BCUT2D eigenvalue weighted by Gasteiger charge is -2.43. The molecule has 0 bridgehead atoms. The SMILES string of the molecule is C/C=C\[C@@H]1C[C@H](n2c(=O)c(=O)[nH]c3ccccc32)CCN1C1/C=C\CCCCC1.